The van der Waals surface area contributed by atoms with E-state index in [2.05, 4.69) is 9.88 Å². The highest BCUT2D eigenvalue weighted by molar-refractivity contribution is 8.05. The second-order valence-corrected chi connectivity index (χ2v) is 10.5. The van der Waals surface area contributed by atoms with Crippen LogP contribution in [0, 0.1) is 27.7 Å². The quantitative estimate of drug-likeness (QED) is 0.589. The van der Waals surface area contributed by atoms with Gasteiger partial charge in [0.05, 0.1) is 0 Å². The summed E-state index contributed by atoms with van der Waals surface area (Å²) in [6.07, 6.45) is 1.48. The number of anilines is 1. The van der Waals surface area contributed by atoms with E-state index in [1.807, 2.05) is 13.0 Å². The number of nitrogens with two attached hydrogens (primary N) is 2. The third kappa shape index (κ3) is 3.31. The molecule has 3 rings (SSSR count). The molecule has 2 aromatic rings. The molecule has 0 saturated heterocycles. The van der Waals surface area contributed by atoms with Gasteiger partial charge in [-0.1, -0.05) is 22.8 Å². The van der Waals surface area contributed by atoms with Crippen molar-refractivity contribution in [1.82, 2.24) is 5.16 Å². The highest BCUT2D eigenvalue weighted by atomic mass is 35.5. The van der Waals surface area contributed by atoms with E-state index in [0.717, 1.165) is 22.9 Å². The third-order valence-electron chi connectivity index (χ3n) is 5.37. The van der Waals surface area contributed by atoms with Crippen LogP contribution in [0.5, 0.6) is 0 Å². The second kappa shape index (κ2) is 7.92. The molecular formula is C19H23ClN4O4S2. The molecule has 1 aliphatic heterocycles. The number of thioether (sulfide) groups is 1. The maximum atomic E-state index is 13.8. The minimum atomic E-state index is -4.33. The fourth-order valence-corrected chi connectivity index (χ4v) is 7.60. The molecular weight excluding hydrogens is 448 g/mol. The predicted molar refractivity (Wildman–Crippen MR) is 119 cm³/mol. The fraction of sp³-hybridized carbons (Fsp3) is 0.368. The molecule has 2 atom stereocenters. The Balaban J connectivity index is 2.34. The molecule has 1 amide bonds. The van der Waals surface area contributed by atoms with Gasteiger partial charge in [-0.25, -0.2) is 13.1 Å². The smallest absolute Gasteiger partial charge is 0.257 e. The first-order valence-electron chi connectivity index (χ1n) is 9.04. The Hall–Kier alpha value is -2.01. The number of aromatic nitrogens is 1. The van der Waals surface area contributed by atoms with Crippen LogP contribution in [0.25, 0.3) is 0 Å². The molecule has 0 aliphatic carbocycles. The number of hydrogen-bond acceptors (Lipinski definition) is 7. The lowest BCUT2D eigenvalue weighted by molar-refractivity contribution is -0.117. The minimum absolute atomic E-state index is 0.0407. The molecule has 1 aromatic carbocycles. The number of hydrogen-bond donors (Lipinski definition) is 3. The lowest BCUT2D eigenvalue weighted by Crippen LogP contribution is -2.51. The van der Waals surface area contributed by atoms with Gasteiger partial charge in [-0.3, -0.25) is 4.79 Å². The van der Waals surface area contributed by atoms with Gasteiger partial charge in [-0.05, 0) is 67.0 Å². The standard InChI is InChI=1S/C19H23ClN4O4S2/c1-9-7-10(2)14(11(3)13(9)8-21)19(5-6-29-16(19)17(22)25)30(26,27)24-18-15(20)12(4)23-28-18/h5-7,16,24H,8,21H2,1-4H3,(H2,22,25). The van der Waals surface area contributed by atoms with E-state index < -0.39 is 25.9 Å². The van der Waals surface area contributed by atoms with Crippen LogP contribution in [0.2, 0.25) is 5.02 Å². The topological polar surface area (TPSA) is 141 Å². The predicted octanol–water partition coefficient (Wildman–Crippen LogP) is 2.77. The molecule has 1 aromatic heterocycles. The van der Waals surface area contributed by atoms with Crippen molar-refractivity contribution in [3.8, 4) is 0 Å². The summed E-state index contributed by atoms with van der Waals surface area (Å²) in [5.74, 6) is -0.979. The van der Waals surface area contributed by atoms with Crippen molar-refractivity contribution in [2.45, 2.75) is 44.2 Å². The van der Waals surface area contributed by atoms with Crippen LogP contribution < -0.4 is 16.2 Å². The van der Waals surface area contributed by atoms with Crippen molar-refractivity contribution in [3.05, 3.63) is 56.1 Å². The van der Waals surface area contributed by atoms with Crippen molar-refractivity contribution < 1.29 is 17.7 Å². The van der Waals surface area contributed by atoms with E-state index in [1.54, 1.807) is 26.2 Å². The van der Waals surface area contributed by atoms with Gasteiger partial charge in [0.15, 0.2) is 4.75 Å². The van der Waals surface area contributed by atoms with Crippen LogP contribution in [0.3, 0.4) is 0 Å². The van der Waals surface area contributed by atoms with E-state index in [9.17, 15) is 13.2 Å². The monoisotopic (exact) mass is 470 g/mol. The molecule has 0 saturated carbocycles. The van der Waals surface area contributed by atoms with Gasteiger partial charge in [0.2, 0.25) is 15.9 Å². The van der Waals surface area contributed by atoms with Crippen molar-refractivity contribution in [1.29, 1.82) is 0 Å². The number of nitrogens with zero attached hydrogens (tertiary/aromatic N) is 1. The van der Waals surface area contributed by atoms with E-state index in [0.29, 0.717) is 22.4 Å². The number of carbonyl (C=O) groups is 1. The van der Waals surface area contributed by atoms with Crippen molar-refractivity contribution in [3.63, 3.8) is 0 Å². The molecule has 30 heavy (non-hydrogen) atoms. The Bertz CT molecular complexity index is 1160. The van der Waals surface area contributed by atoms with Crippen LogP contribution in [-0.4, -0.2) is 24.7 Å². The summed E-state index contributed by atoms with van der Waals surface area (Å²) >= 11 is 7.18. The van der Waals surface area contributed by atoms with Crippen LogP contribution in [0.15, 0.2) is 22.1 Å². The van der Waals surface area contributed by atoms with Gasteiger partial charge in [0.25, 0.3) is 5.88 Å². The number of primary amides is 1. The van der Waals surface area contributed by atoms with Crippen LogP contribution in [0.1, 0.15) is 33.5 Å². The molecule has 2 unspecified atom stereocenters. The number of benzene rings is 1. The number of halogens is 1. The number of amides is 1. The summed E-state index contributed by atoms with van der Waals surface area (Å²) in [6.45, 7) is 7.31. The third-order valence-corrected chi connectivity index (χ3v) is 9.05. The fourth-order valence-electron chi connectivity index (χ4n) is 4.04. The van der Waals surface area contributed by atoms with E-state index in [4.69, 9.17) is 27.6 Å². The largest absolute Gasteiger partial charge is 0.369 e. The molecule has 0 fully saturated rings. The summed E-state index contributed by atoms with van der Waals surface area (Å²) in [5.41, 5.74) is 15.5. The molecule has 0 bridgehead atoms. The number of sulfonamides is 1. The highest BCUT2D eigenvalue weighted by Gasteiger charge is 2.57. The Morgan fingerprint density at radius 1 is 1.33 bits per heavy atom. The Labute approximate surface area is 184 Å². The Kier molecular flexibility index (Phi) is 5.98. The number of aryl methyl sites for hydroxylation is 3. The Morgan fingerprint density at radius 3 is 2.53 bits per heavy atom. The second-order valence-electron chi connectivity index (χ2n) is 7.22. The number of carbonyl (C=O) groups excluding carboxylic acids is 1. The average Bonchev–Trinajstić information content (AvgIpc) is 3.22. The SMILES string of the molecule is Cc1cc(C)c(C2(S(=O)(=O)Nc3onc(C)c3Cl)C=CSC2C(N)=O)c(C)c1CN. The van der Waals surface area contributed by atoms with Gasteiger partial charge >= 0.3 is 0 Å². The van der Waals surface area contributed by atoms with Gasteiger partial charge in [-0.15, -0.1) is 11.8 Å². The molecule has 5 N–H and O–H groups in total. The first-order valence-corrected chi connectivity index (χ1v) is 11.8. The molecule has 8 nitrogen and oxygen atoms in total. The van der Waals surface area contributed by atoms with Gasteiger partial charge in [0.1, 0.15) is 16.0 Å². The molecule has 1 aliphatic rings. The van der Waals surface area contributed by atoms with Gasteiger partial charge in [0, 0.05) is 6.54 Å². The first kappa shape index (κ1) is 22.7. The summed E-state index contributed by atoms with van der Waals surface area (Å²) in [6, 6.07) is 1.86. The zero-order valence-corrected chi connectivity index (χ0v) is 19.3. The van der Waals surface area contributed by atoms with Gasteiger partial charge < -0.3 is 16.0 Å². The molecule has 162 valence electrons. The first-order chi connectivity index (χ1) is 14.0. The molecule has 0 spiro atoms. The van der Waals surface area contributed by atoms with Crippen molar-refractivity contribution >= 4 is 45.2 Å². The van der Waals surface area contributed by atoms with Crippen LogP contribution in [-0.2, 0) is 26.1 Å². The van der Waals surface area contributed by atoms with Crippen molar-refractivity contribution in [2.75, 3.05) is 4.72 Å². The minimum Gasteiger partial charge on any atom is -0.369 e. The summed E-state index contributed by atoms with van der Waals surface area (Å²) in [7, 11) is -4.33. The Morgan fingerprint density at radius 2 is 2.00 bits per heavy atom. The van der Waals surface area contributed by atoms with Crippen molar-refractivity contribution in [2.24, 2.45) is 11.5 Å². The molecule has 11 heteroatoms. The zero-order valence-electron chi connectivity index (χ0n) is 16.9. The lowest BCUT2D eigenvalue weighted by atomic mass is 9.83. The summed E-state index contributed by atoms with van der Waals surface area (Å²) < 4.78 is 33.3. The van der Waals surface area contributed by atoms with E-state index in [1.165, 1.54) is 6.08 Å². The lowest BCUT2D eigenvalue weighted by Gasteiger charge is -2.35. The summed E-state index contributed by atoms with van der Waals surface area (Å²) in [5, 5.41) is 4.19. The average molecular weight is 471 g/mol. The maximum absolute atomic E-state index is 13.8. The normalized spacial score (nSPS) is 21.2. The highest BCUT2D eigenvalue weighted by Crippen LogP contribution is 2.50. The number of nitrogens with one attached hydrogen (secondary N) is 1. The number of rotatable bonds is 6. The zero-order chi connectivity index (χ0) is 22.4. The maximum Gasteiger partial charge on any atom is 0.257 e. The van der Waals surface area contributed by atoms with Crippen LogP contribution >= 0.6 is 23.4 Å². The van der Waals surface area contributed by atoms with Crippen LogP contribution in [0.4, 0.5) is 5.88 Å². The van der Waals surface area contributed by atoms with E-state index in [-0.39, 0.29) is 17.5 Å². The van der Waals surface area contributed by atoms with Gasteiger partial charge in [-0.2, -0.15) is 0 Å². The summed E-state index contributed by atoms with van der Waals surface area (Å²) in [4.78, 5) is 12.4. The van der Waals surface area contributed by atoms with E-state index >= 15 is 0 Å². The molecule has 0 radical (unpaired) electrons. The molecule has 2 heterocycles.